The Kier molecular flexibility index (Phi) is 7.21. The zero-order chi connectivity index (χ0) is 23.2. The van der Waals surface area contributed by atoms with Crippen molar-refractivity contribution in [2.45, 2.75) is 37.1 Å². The molecule has 3 nitrogen and oxygen atoms in total. The Hall–Kier alpha value is -3.31. The van der Waals surface area contributed by atoms with Crippen LogP contribution in [0.3, 0.4) is 0 Å². The second-order valence-electron chi connectivity index (χ2n) is 8.48. The number of terminal acetylenes is 1. The van der Waals surface area contributed by atoms with Crippen LogP contribution in [0.5, 0.6) is 0 Å². The summed E-state index contributed by atoms with van der Waals surface area (Å²) in [7, 11) is -3.89. The Morgan fingerprint density at radius 2 is 1.44 bits per heavy atom. The zero-order valence-corrected chi connectivity index (χ0v) is 19.4. The second-order valence-corrected chi connectivity index (χ2v) is 10.4. The van der Waals surface area contributed by atoms with E-state index in [4.69, 9.17) is 6.42 Å². The van der Waals surface area contributed by atoms with Gasteiger partial charge in [-0.2, -0.15) is 4.31 Å². The lowest BCUT2D eigenvalue weighted by atomic mass is 9.87. The highest BCUT2D eigenvalue weighted by atomic mass is 32.2. The maximum atomic E-state index is 13.7. The third kappa shape index (κ3) is 5.48. The van der Waals surface area contributed by atoms with Crippen molar-refractivity contribution in [1.29, 1.82) is 0 Å². The minimum Gasteiger partial charge on any atom is -0.207 e. The molecule has 3 rings (SSSR count). The van der Waals surface area contributed by atoms with Gasteiger partial charge in [0.25, 0.3) is 0 Å². The van der Waals surface area contributed by atoms with Gasteiger partial charge in [-0.25, -0.2) is 8.42 Å². The number of rotatable bonds is 5. The lowest BCUT2D eigenvalue weighted by molar-refractivity contribution is 0.410. The van der Waals surface area contributed by atoms with Gasteiger partial charge in [0, 0.05) is 5.56 Å². The lowest BCUT2D eigenvalue weighted by Crippen LogP contribution is -2.35. The molecule has 3 aromatic carbocycles. The normalized spacial score (nSPS) is 12.5. The molecule has 0 aliphatic rings. The van der Waals surface area contributed by atoms with E-state index >= 15 is 0 Å². The first-order chi connectivity index (χ1) is 15.2. The fourth-order valence-electron chi connectivity index (χ4n) is 3.30. The highest BCUT2D eigenvalue weighted by Gasteiger charge is 2.31. The van der Waals surface area contributed by atoms with Crippen LogP contribution < -0.4 is 0 Å². The maximum Gasteiger partial charge on any atom is 0.245 e. The van der Waals surface area contributed by atoms with Gasteiger partial charge >= 0.3 is 0 Å². The summed E-state index contributed by atoms with van der Waals surface area (Å²) in [6, 6.07) is 25.1. The van der Waals surface area contributed by atoms with Crippen molar-refractivity contribution in [2.75, 3.05) is 6.54 Å². The standard InChI is InChI=1S/C28H27NO2S/c1-5-22-29(32(30,31)26-19-17-25(18-20-26)28(2,3)4)27(24-14-10-7-11-15-24)21-16-23-12-8-6-9-13-23/h1,6-15,17-20,27H,22H2,2-4H3. The van der Waals surface area contributed by atoms with Crippen molar-refractivity contribution in [1.82, 2.24) is 4.31 Å². The molecule has 1 unspecified atom stereocenters. The van der Waals surface area contributed by atoms with Crippen molar-refractivity contribution in [2.24, 2.45) is 0 Å². The first-order valence-electron chi connectivity index (χ1n) is 10.4. The highest BCUT2D eigenvalue weighted by molar-refractivity contribution is 7.89. The average Bonchev–Trinajstić information content (AvgIpc) is 2.79. The van der Waals surface area contributed by atoms with E-state index < -0.39 is 16.1 Å². The third-order valence-electron chi connectivity index (χ3n) is 5.10. The Bertz CT molecular complexity index is 1240. The summed E-state index contributed by atoms with van der Waals surface area (Å²) in [5.74, 6) is 8.77. The number of nitrogens with zero attached hydrogens (tertiary/aromatic N) is 1. The van der Waals surface area contributed by atoms with Crippen LogP contribution in [0.4, 0.5) is 0 Å². The number of sulfonamides is 1. The first-order valence-corrected chi connectivity index (χ1v) is 11.8. The molecule has 0 radical (unpaired) electrons. The minimum absolute atomic E-state index is 0.0749. The van der Waals surface area contributed by atoms with Crippen LogP contribution in [0, 0.1) is 24.2 Å². The van der Waals surface area contributed by atoms with E-state index in [9.17, 15) is 8.42 Å². The molecule has 0 fully saturated rings. The molecule has 0 saturated heterocycles. The van der Waals surface area contributed by atoms with E-state index in [2.05, 4.69) is 38.5 Å². The van der Waals surface area contributed by atoms with Crippen LogP contribution in [0.2, 0.25) is 0 Å². The van der Waals surface area contributed by atoms with Gasteiger partial charge in [0.05, 0.1) is 11.4 Å². The first kappa shape index (κ1) is 23.4. The maximum absolute atomic E-state index is 13.7. The fourth-order valence-corrected chi connectivity index (χ4v) is 4.74. The quantitative estimate of drug-likeness (QED) is 0.497. The highest BCUT2D eigenvalue weighted by Crippen LogP contribution is 2.29. The largest absolute Gasteiger partial charge is 0.245 e. The molecule has 0 aliphatic heterocycles. The van der Waals surface area contributed by atoms with Crippen molar-refractivity contribution < 1.29 is 8.42 Å². The lowest BCUT2D eigenvalue weighted by Gasteiger charge is -2.27. The molecular weight excluding hydrogens is 414 g/mol. The molecule has 0 aliphatic carbocycles. The molecule has 162 valence electrons. The monoisotopic (exact) mass is 441 g/mol. The average molecular weight is 442 g/mol. The van der Waals surface area contributed by atoms with E-state index in [0.717, 1.165) is 16.7 Å². The molecule has 0 heterocycles. The summed E-state index contributed by atoms with van der Waals surface area (Å²) in [5.41, 5.74) is 2.56. The van der Waals surface area contributed by atoms with Crippen molar-refractivity contribution in [3.63, 3.8) is 0 Å². The Labute approximate surface area is 192 Å². The predicted octanol–water partition coefficient (Wildman–Crippen LogP) is 5.40. The molecule has 1 atom stereocenters. The van der Waals surface area contributed by atoms with E-state index in [0.29, 0.717) is 0 Å². The summed E-state index contributed by atoms with van der Waals surface area (Å²) >= 11 is 0. The van der Waals surface area contributed by atoms with Gasteiger partial charge in [-0.05, 0) is 40.8 Å². The van der Waals surface area contributed by atoms with Gasteiger partial charge in [-0.3, -0.25) is 0 Å². The molecule has 0 N–H and O–H groups in total. The molecule has 0 spiro atoms. The minimum atomic E-state index is -3.89. The summed E-state index contributed by atoms with van der Waals surface area (Å²) < 4.78 is 28.6. The summed E-state index contributed by atoms with van der Waals surface area (Å²) in [6.07, 6.45) is 5.60. The van der Waals surface area contributed by atoms with Gasteiger partial charge in [0.1, 0.15) is 6.04 Å². The molecule has 4 heteroatoms. The van der Waals surface area contributed by atoms with Crippen molar-refractivity contribution >= 4 is 10.0 Å². The van der Waals surface area contributed by atoms with Crippen LogP contribution >= 0.6 is 0 Å². The summed E-state index contributed by atoms with van der Waals surface area (Å²) in [5, 5.41) is 0. The molecule has 3 aromatic rings. The van der Waals surface area contributed by atoms with Crippen LogP contribution in [0.25, 0.3) is 0 Å². The number of hydrogen-bond acceptors (Lipinski definition) is 2. The zero-order valence-electron chi connectivity index (χ0n) is 18.6. The van der Waals surface area contributed by atoms with Gasteiger partial charge < -0.3 is 0 Å². The Balaban J connectivity index is 2.09. The number of benzene rings is 3. The second kappa shape index (κ2) is 9.88. The Morgan fingerprint density at radius 3 is 1.97 bits per heavy atom. The smallest absolute Gasteiger partial charge is 0.207 e. The van der Waals surface area contributed by atoms with Crippen molar-refractivity contribution in [3.8, 4) is 24.2 Å². The summed E-state index contributed by atoms with van der Waals surface area (Å²) in [4.78, 5) is 0.197. The van der Waals surface area contributed by atoms with E-state index in [-0.39, 0.29) is 16.9 Å². The third-order valence-corrected chi connectivity index (χ3v) is 6.93. The number of hydrogen-bond donors (Lipinski definition) is 0. The van der Waals surface area contributed by atoms with Gasteiger partial charge in [-0.1, -0.05) is 99.2 Å². The van der Waals surface area contributed by atoms with E-state index in [1.807, 2.05) is 72.8 Å². The van der Waals surface area contributed by atoms with Crippen LogP contribution in [0.15, 0.2) is 89.8 Å². The predicted molar refractivity (Wildman–Crippen MR) is 130 cm³/mol. The van der Waals surface area contributed by atoms with Crippen LogP contribution in [0.1, 0.15) is 43.5 Å². The topological polar surface area (TPSA) is 37.4 Å². The van der Waals surface area contributed by atoms with Gasteiger partial charge in [-0.15, -0.1) is 6.42 Å². The fraction of sp³-hybridized carbons (Fsp3) is 0.214. The van der Waals surface area contributed by atoms with E-state index in [1.165, 1.54) is 4.31 Å². The molecule has 32 heavy (non-hydrogen) atoms. The van der Waals surface area contributed by atoms with Crippen LogP contribution in [-0.2, 0) is 15.4 Å². The van der Waals surface area contributed by atoms with Crippen molar-refractivity contribution in [3.05, 3.63) is 102 Å². The Morgan fingerprint density at radius 1 is 0.875 bits per heavy atom. The molecule has 0 amide bonds. The van der Waals surface area contributed by atoms with Gasteiger partial charge in [0.15, 0.2) is 0 Å². The molecular formula is C28H27NO2S. The van der Waals surface area contributed by atoms with E-state index in [1.54, 1.807) is 12.1 Å². The molecule has 0 bridgehead atoms. The summed E-state index contributed by atoms with van der Waals surface area (Å²) in [6.45, 7) is 6.18. The van der Waals surface area contributed by atoms with Gasteiger partial charge in [0.2, 0.25) is 10.0 Å². The molecule has 0 saturated carbocycles. The van der Waals surface area contributed by atoms with Crippen LogP contribution in [-0.4, -0.2) is 19.3 Å². The molecule has 0 aromatic heterocycles. The SMILES string of the molecule is C#CCN(C(C#Cc1ccccc1)c1ccccc1)S(=O)(=O)c1ccc(C(C)(C)C)cc1.